The van der Waals surface area contributed by atoms with Crippen molar-refractivity contribution < 1.29 is 24.2 Å². The number of carboxylic acid groups (broad SMARTS) is 1. The Balaban J connectivity index is 1.32. The first-order chi connectivity index (χ1) is 13.5. The number of carboxylic acids is 1. The van der Waals surface area contributed by atoms with E-state index in [1.807, 2.05) is 30.3 Å². The van der Waals surface area contributed by atoms with Crippen LogP contribution in [-0.4, -0.2) is 46.4 Å². The molecule has 2 N–H and O–H groups in total. The van der Waals surface area contributed by atoms with Crippen molar-refractivity contribution in [2.45, 2.75) is 24.9 Å². The Kier molecular flexibility index (Phi) is 4.73. The van der Waals surface area contributed by atoms with Gasteiger partial charge in [0.05, 0.1) is 6.54 Å². The molecule has 2 amide bonds. The molecular formula is C21H20N2O5. The predicted molar refractivity (Wildman–Crippen MR) is 100 cm³/mol. The second-order valence-electron chi connectivity index (χ2n) is 7.08. The van der Waals surface area contributed by atoms with E-state index in [0.29, 0.717) is 23.5 Å². The van der Waals surface area contributed by atoms with Crippen LogP contribution in [0.15, 0.2) is 54.6 Å². The number of ether oxygens (including phenoxy) is 1. The second kappa shape index (κ2) is 7.34. The molecule has 0 spiro atoms. The molecule has 2 fully saturated rings. The standard InChI is InChI=1S/C21H20N2O5/c24-19(23-17-10-14(17)11-18(23)21(26)27)12-22-20(25)13-6-8-16(9-7-13)28-15-4-2-1-3-5-15/h1-9,14,17-18H,10-12H2,(H,22,25)(H,26,27). The zero-order valence-corrected chi connectivity index (χ0v) is 15.1. The minimum absolute atomic E-state index is 0.0138. The van der Waals surface area contributed by atoms with Crippen molar-refractivity contribution in [1.29, 1.82) is 0 Å². The molecule has 2 aliphatic rings. The highest BCUT2D eigenvalue weighted by Gasteiger charge is 2.56. The Morgan fingerprint density at radius 2 is 1.68 bits per heavy atom. The molecular weight excluding hydrogens is 360 g/mol. The first kappa shape index (κ1) is 18.0. The van der Waals surface area contributed by atoms with Crippen molar-refractivity contribution in [2.75, 3.05) is 6.54 Å². The van der Waals surface area contributed by atoms with Gasteiger partial charge in [-0.2, -0.15) is 0 Å². The van der Waals surface area contributed by atoms with Crippen molar-refractivity contribution in [3.05, 3.63) is 60.2 Å². The van der Waals surface area contributed by atoms with Gasteiger partial charge in [-0.3, -0.25) is 9.59 Å². The van der Waals surface area contributed by atoms with Crippen LogP contribution in [-0.2, 0) is 9.59 Å². The molecule has 0 aromatic heterocycles. The Labute approximate surface area is 161 Å². The van der Waals surface area contributed by atoms with Gasteiger partial charge in [-0.15, -0.1) is 0 Å². The topological polar surface area (TPSA) is 95.9 Å². The van der Waals surface area contributed by atoms with Crippen LogP contribution in [0.1, 0.15) is 23.2 Å². The normalized spacial score (nSPS) is 22.3. The van der Waals surface area contributed by atoms with Gasteiger partial charge < -0.3 is 20.1 Å². The molecule has 1 saturated carbocycles. The number of carbonyl (C=O) groups excluding carboxylic acids is 2. The first-order valence-corrected chi connectivity index (χ1v) is 9.18. The number of benzene rings is 2. The summed E-state index contributed by atoms with van der Waals surface area (Å²) >= 11 is 0. The molecule has 144 valence electrons. The number of fused-ring (bicyclic) bond motifs is 1. The van der Waals surface area contributed by atoms with Gasteiger partial charge in [0.2, 0.25) is 5.91 Å². The zero-order chi connectivity index (χ0) is 19.7. The Hall–Kier alpha value is -3.35. The summed E-state index contributed by atoms with van der Waals surface area (Å²) in [5, 5.41) is 11.8. The van der Waals surface area contributed by atoms with Crippen LogP contribution in [0.3, 0.4) is 0 Å². The van der Waals surface area contributed by atoms with Gasteiger partial charge in [0.1, 0.15) is 17.5 Å². The van der Waals surface area contributed by atoms with Crippen LogP contribution < -0.4 is 10.1 Å². The van der Waals surface area contributed by atoms with Crippen molar-refractivity contribution in [1.82, 2.24) is 10.2 Å². The molecule has 1 aliphatic heterocycles. The molecule has 1 saturated heterocycles. The molecule has 2 aromatic rings. The highest BCUT2D eigenvalue weighted by Crippen LogP contribution is 2.47. The van der Waals surface area contributed by atoms with Gasteiger partial charge in [0, 0.05) is 11.6 Å². The lowest BCUT2D eigenvalue weighted by molar-refractivity contribution is -0.149. The summed E-state index contributed by atoms with van der Waals surface area (Å²) in [5.74, 6) is -0.145. The maximum Gasteiger partial charge on any atom is 0.326 e. The van der Waals surface area contributed by atoms with Crippen LogP contribution in [0.4, 0.5) is 0 Å². The lowest BCUT2D eigenvalue weighted by atomic mass is 10.1. The van der Waals surface area contributed by atoms with Crippen molar-refractivity contribution >= 4 is 17.8 Å². The fourth-order valence-corrected chi connectivity index (χ4v) is 3.68. The Morgan fingerprint density at radius 1 is 1.00 bits per heavy atom. The quantitative estimate of drug-likeness (QED) is 0.802. The molecule has 4 rings (SSSR count). The van der Waals surface area contributed by atoms with Gasteiger partial charge in [-0.1, -0.05) is 18.2 Å². The van der Waals surface area contributed by atoms with Crippen LogP contribution in [0.2, 0.25) is 0 Å². The van der Waals surface area contributed by atoms with Gasteiger partial charge in [-0.05, 0) is 55.2 Å². The maximum atomic E-state index is 12.4. The van der Waals surface area contributed by atoms with Gasteiger partial charge in [0.25, 0.3) is 5.91 Å². The molecule has 7 heteroatoms. The van der Waals surface area contributed by atoms with E-state index in [1.165, 1.54) is 4.90 Å². The third kappa shape index (κ3) is 3.69. The molecule has 2 aromatic carbocycles. The average molecular weight is 380 g/mol. The summed E-state index contributed by atoms with van der Waals surface area (Å²) < 4.78 is 5.68. The van der Waals surface area contributed by atoms with Crippen molar-refractivity contribution in [3.8, 4) is 11.5 Å². The van der Waals surface area contributed by atoms with Crippen molar-refractivity contribution in [2.24, 2.45) is 5.92 Å². The number of piperidine rings is 1. The summed E-state index contributed by atoms with van der Waals surface area (Å²) in [7, 11) is 0. The summed E-state index contributed by atoms with van der Waals surface area (Å²) in [5.41, 5.74) is 0.397. The zero-order valence-electron chi connectivity index (χ0n) is 15.1. The number of hydrogen-bond donors (Lipinski definition) is 2. The smallest absolute Gasteiger partial charge is 0.326 e. The number of hydrogen-bond acceptors (Lipinski definition) is 4. The predicted octanol–water partition coefficient (Wildman–Crippen LogP) is 2.28. The van der Waals surface area contributed by atoms with Crippen LogP contribution in [0.5, 0.6) is 11.5 Å². The van der Waals surface area contributed by atoms with E-state index in [0.717, 1.165) is 6.42 Å². The third-order valence-electron chi connectivity index (χ3n) is 5.17. The lowest BCUT2D eigenvalue weighted by Crippen LogP contribution is -2.47. The molecule has 0 radical (unpaired) electrons. The number of rotatable bonds is 6. The van der Waals surface area contributed by atoms with Gasteiger partial charge in [0.15, 0.2) is 0 Å². The van der Waals surface area contributed by atoms with Crippen molar-refractivity contribution in [3.63, 3.8) is 0 Å². The Bertz CT molecular complexity index is 897. The van der Waals surface area contributed by atoms with E-state index in [9.17, 15) is 19.5 Å². The molecule has 3 atom stereocenters. The van der Waals surface area contributed by atoms with E-state index in [4.69, 9.17) is 4.74 Å². The highest BCUT2D eigenvalue weighted by atomic mass is 16.5. The molecule has 1 heterocycles. The third-order valence-corrected chi connectivity index (χ3v) is 5.17. The van der Waals surface area contributed by atoms with E-state index in [2.05, 4.69) is 5.32 Å². The molecule has 1 aliphatic carbocycles. The van der Waals surface area contributed by atoms with E-state index >= 15 is 0 Å². The number of likely N-dealkylation sites (tertiary alicyclic amines) is 1. The SMILES string of the molecule is O=C(NCC(=O)N1C(C(=O)O)CC2CC21)c1ccc(Oc2ccccc2)cc1. The fourth-order valence-electron chi connectivity index (χ4n) is 3.68. The van der Waals surface area contributed by atoms with Gasteiger partial charge in [-0.25, -0.2) is 4.79 Å². The lowest BCUT2D eigenvalue weighted by Gasteiger charge is -2.24. The monoisotopic (exact) mass is 380 g/mol. The minimum atomic E-state index is -0.985. The van der Waals surface area contributed by atoms with Crippen LogP contribution in [0.25, 0.3) is 0 Å². The second-order valence-corrected chi connectivity index (χ2v) is 7.08. The number of amides is 2. The van der Waals surface area contributed by atoms with E-state index < -0.39 is 17.9 Å². The molecule has 28 heavy (non-hydrogen) atoms. The number of carbonyl (C=O) groups is 3. The van der Waals surface area contributed by atoms with Crippen LogP contribution >= 0.6 is 0 Å². The fraction of sp³-hybridized carbons (Fsp3) is 0.286. The largest absolute Gasteiger partial charge is 0.480 e. The number of nitrogens with zero attached hydrogens (tertiary/aromatic N) is 1. The number of para-hydroxylation sites is 1. The molecule has 0 bridgehead atoms. The number of nitrogens with one attached hydrogen (secondary N) is 1. The van der Waals surface area contributed by atoms with Gasteiger partial charge >= 0.3 is 5.97 Å². The Morgan fingerprint density at radius 3 is 2.36 bits per heavy atom. The summed E-state index contributed by atoms with van der Waals surface area (Å²) in [4.78, 5) is 37.5. The summed E-state index contributed by atoms with van der Waals surface area (Å²) in [6.45, 7) is -0.214. The molecule has 7 nitrogen and oxygen atoms in total. The molecule has 3 unspecified atom stereocenters. The first-order valence-electron chi connectivity index (χ1n) is 9.18. The van der Waals surface area contributed by atoms with E-state index in [1.54, 1.807) is 24.3 Å². The van der Waals surface area contributed by atoms with Crippen LogP contribution in [0, 0.1) is 5.92 Å². The maximum absolute atomic E-state index is 12.4. The summed E-state index contributed by atoms with van der Waals surface area (Å²) in [6, 6.07) is 15.1. The highest BCUT2D eigenvalue weighted by molar-refractivity contribution is 5.97. The van der Waals surface area contributed by atoms with E-state index in [-0.39, 0.29) is 24.4 Å². The minimum Gasteiger partial charge on any atom is -0.480 e. The average Bonchev–Trinajstić information content (AvgIpc) is 3.36. The summed E-state index contributed by atoms with van der Waals surface area (Å²) in [6.07, 6.45) is 1.36. The number of aliphatic carboxylic acids is 1.